The van der Waals surface area contributed by atoms with Crippen LogP contribution in [0.25, 0.3) is 0 Å². The fourth-order valence-corrected chi connectivity index (χ4v) is 1.79. The third-order valence-electron chi connectivity index (χ3n) is 2.55. The Morgan fingerprint density at radius 3 is 2.31 bits per heavy atom. The van der Waals surface area contributed by atoms with E-state index in [4.69, 9.17) is 16.3 Å². The maximum atomic E-state index is 5.80. The van der Waals surface area contributed by atoms with E-state index in [1.807, 2.05) is 24.3 Å². The lowest BCUT2D eigenvalue weighted by molar-refractivity contribution is 0.0672. The van der Waals surface area contributed by atoms with Gasteiger partial charge in [0.2, 0.25) is 0 Å². The number of rotatable bonds is 2. The van der Waals surface area contributed by atoms with Crippen molar-refractivity contribution in [3.05, 3.63) is 34.9 Å². The smallest absolute Gasteiger partial charge is 0.160 e. The van der Waals surface area contributed by atoms with E-state index >= 15 is 0 Å². The van der Waals surface area contributed by atoms with Crippen molar-refractivity contribution < 1.29 is 4.74 Å². The van der Waals surface area contributed by atoms with E-state index in [1.54, 1.807) is 7.11 Å². The van der Waals surface area contributed by atoms with Crippen LogP contribution in [0.1, 0.15) is 12.5 Å². The lowest BCUT2D eigenvalue weighted by Crippen LogP contribution is -2.16. The molecule has 0 radical (unpaired) electrons. The molecule has 2 rings (SSSR count). The van der Waals surface area contributed by atoms with Gasteiger partial charge in [0.25, 0.3) is 0 Å². The molecule has 0 spiro atoms. The third-order valence-corrected chi connectivity index (χ3v) is 2.80. The van der Waals surface area contributed by atoms with E-state index in [-0.39, 0.29) is 5.72 Å². The summed E-state index contributed by atoms with van der Waals surface area (Å²) in [5.41, 5.74) is 0.858. The average molecular weight is 198 g/mol. The second-order valence-corrected chi connectivity index (χ2v) is 3.75. The Labute approximate surface area is 82.9 Å². The normalized spacial score (nSPS) is 31.8. The summed E-state index contributed by atoms with van der Waals surface area (Å²) in [4.78, 5) is 0. The molecule has 0 amide bonds. The molecule has 2 atom stereocenters. The Morgan fingerprint density at radius 1 is 1.38 bits per heavy atom. The minimum atomic E-state index is -0.273. The van der Waals surface area contributed by atoms with E-state index in [1.165, 1.54) is 0 Å². The summed E-state index contributed by atoms with van der Waals surface area (Å²) >= 11 is 5.80. The topological polar surface area (TPSA) is 31.2 Å². The summed E-state index contributed by atoms with van der Waals surface area (Å²) in [7, 11) is 1.71. The van der Waals surface area contributed by atoms with Crippen molar-refractivity contribution >= 4 is 11.6 Å². The van der Waals surface area contributed by atoms with Gasteiger partial charge in [-0.25, -0.2) is 0 Å². The van der Waals surface area contributed by atoms with Gasteiger partial charge in [0.05, 0.1) is 6.04 Å². The first-order chi connectivity index (χ1) is 6.19. The van der Waals surface area contributed by atoms with Gasteiger partial charge in [-0.05, 0) is 19.1 Å². The van der Waals surface area contributed by atoms with Crippen molar-refractivity contribution in [2.24, 2.45) is 0 Å². The second kappa shape index (κ2) is 2.98. The summed E-state index contributed by atoms with van der Waals surface area (Å²) in [6.07, 6.45) is 0. The molecule has 1 aliphatic rings. The van der Waals surface area contributed by atoms with Gasteiger partial charge in [-0.3, -0.25) is 5.32 Å². The Kier molecular flexibility index (Phi) is 2.06. The number of ether oxygens (including phenoxy) is 1. The van der Waals surface area contributed by atoms with Gasteiger partial charge in [0.15, 0.2) is 5.72 Å². The maximum absolute atomic E-state index is 5.80. The number of hydrogen-bond donors (Lipinski definition) is 1. The standard InChI is InChI=1S/C10H12ClNO/c1-7-10(12-7,13-2)8-3-5-9(11)6-4-8/h3-7,12H,1-2H3. The van der Waals surface area contributed by atoms with Crippen LogP contribution >= 0.6 is 11.6 Å². The first-order valence-electron chi connectivity index (χ1n) is 4.28. The van der Waals surface area contributed by atoms with E-state index in [0.717, 1.165) is 10.6 Å². The van der Waals surface area contributed by atoms with Gasteiger partial charge < -0.3 is 4.74 Å². The van der Waals surface area contributed by atoms with Crippen LogP contribution in [0, 0.1) is 0 Å². The van der Waals surface area contributed by atoms with Crippen LogP contribution in [-0.4, -0.2) is 13.2 Å². The largest absolute Gasteiger partial charge is 0.358 e. The Bertz CT molecular complexity index is 307. The van der Waals surface area contributed by atoms with Crippen molar-refractivity contribution in [3.63, 3.8) is 0 Å². The minimum Gasteiger partial charge on any atom is -0.358 e. The Hall–Kier alpha value is -0.570. The number of halogens is 1. The molecule has 2 unspecified atom stereocenters. The molecular formula is C10H12ClNO. The molecule has 2 nitrogen and oxygen atoms in total. The van der Waals surface area contributed by atoms with Crippen LogP contribution in [0.3, 0.4) is 0 Å². The first-order valence-corrected chi connectivity index (χ1v) is 4.66. The van der Waals surface area contributed by atoms with E-state index in [0.29, 0.717) is 6.04 Å². The van der Waals surface area contributed by atoms with E-state index < -0.39 is 0 Å². The molecule has 0 aromatic heterocycles. The van der Waals surface area contributed by atoms with Crippen LogP contribution in [0.4, 0.5) is 0 Å². The summed E-state index contributed by atoms with van der Waals surface area (Å²) < 4.78 is 5.43. The van der Waals surface area contributed by atoms with Gasteiger partial charge in [-0.1, -0.05) is 23.7 Å². The molecule has 70 valence electrons. The predicted octanol–water partition coefficient (Wildman–Crippen LogP) is 2.13. The molecule has 0 aliphatic carbocycles. The second-order valence-electron chi connectivity index (χ2n) is 3.31. The van der Waals surface area contributed by atoms with Crippen LogP contribution in [-0.2, 0) is 10.5 Å². The van der Waals surface area contributed by atoms with Crippen LogP contribution in [0.15, 0.2) is 24.3 Å². The molecule has 0 bridgehead atoms. The van der Waals surface area contributed by atoms with Gasteiger partial charge in [0.1, 0.15) is 0 Å². The van der Waals surface area contributed by atoms with Crippen LogP contribution in [0.2, 0.25) is 5.02 Å². The quantitative estimate of drug-likeness (QED) is 0.737. The zero-order chi connectivity index (χ0) is 9.47. The monoisotopic (exact) mass is 197 g/mol. The lowest BCUT2D eigenvalue weighted by Gasteiger charge is -2.12. The highest BCUT2D eigenvalue weighted by Crippen LogP contribution is 2.38. The summed E-state index contributed by atoms with van der Waals surface area (Å²) in [6, 6.07) is 8.11. The van der Waals surface area contributed by atoms with Gasteiger partial charge >= 0.3 is 0 Å². The van der Waals surface area contributed by atoms with Crippen molar-refractivity contribution in [3.8, 4) is 0 Å². The third kappa shape index (κ3) is 1.35. The molecule has 0 saturated carbocycles. The van der Waals surface area contributed by atoms with Crippen molar-refractivity contribution in [1.82, 2.24) is 5.32 Å². The number of methoxy groups -OCH3 is 1. The van der Waals surface area contributed by atoms with Crippen molar-refractivity contribution in [1.29, 1.82) is 0 Å². The molecule has 1 saturated heterocycles. The molecule has 1 fully saturated rings. The van der Waals surface area contributed by atoms with Gasteiger partial charge in [0, 0.05) is 17.7 Å². The maximum Gasteiger partial charge on any atom is 0.160 e. The average Bonchev–Trinajstić information content (AvgIpc) is 2.79. The Balaban J connectivity index is 2.31. The van der Waals surface area contributed by atoms with E-state index in [2.05, 4.69) is 12.2 Å². The molecule has 3 heteroatoms. The zero-order valence-electron chi connectivity index (χ0n) is 7.67. The highest BCUT2D eigenvalue weighted by atomic mass is 35.5. The molecular weight excluding hydrogens is 186 g/mol. The predicted molar refractivity (Wildman–Crippen MR) is 52.7 cm³/mol. The molecule has 1 aromatic rings. The summed E-state index contributed by atoms with van der Waals surface area (Å²) in [6.45, 7) is 2.10. The van der Waals surface area contributed by atoms with E-state index in [9.17, 15) is 0 Å². The van der Waals surface area contributed by atoms with Crippen LogP contribution in [0.5, 0.6) is 0 Å². The highest BCUT2D eigenvalue weighted by molar-refractivity contribution is 6.30. The van der Waals surface area contributed by atoms with Crippen molar-refractivity contribution in [2.45, 2.75) is 18.7 Å². The summed E-state index contributed by atoms with van der Waals surface area (Å²) in [5, 5.41) is 4.02. The minimum absolute atomic E-state index is 0.273. The lowest BCUT2D eigenvalue weighted by atomic mass is 10.1. The fraction of sp³-hybridized carbons (Fsp3) is 0.400. The molecule has 1 aromatic carbocycles. The molecule has 1 N–H and O–H groups in total. The molecule has 1 aliphatic heterocycles. The number of hydrogen-bond acceptors (Lipinski definition) is 2. The van der Waals surface area contributed by atoms with Crippen LogP contribution < -0.4 is 5.32 Å². The highest BCUT2D eigenvalue weighted by Gasteiger charge is 2.52. The SMILES string of the molecule is COC1(c2ccc(Cl)cc2)NC1C. The first kappa shape index (κ1) is 9.00. The number of benzene rings is 1. The summed E-state index contributed by atoms with van der Waals surface area (Å²) in [5.74, 6) is 0. The van der Waals surface area contributed by atoms with Gasteiger partial charge in [-0.2, -0.15) is 0 Å². The molecule has 1 heterocycles. The zero-order valence-corrected chi connectivity index (χ0v) is 8.43. The van der Waals surface area contributed by atoms with Gasteiger partial charge in [-0.15, -0.1) is 0 Å². The molecule has 13 heavy (non-hydrogen) atoms. The Morgan fingerprint density at radius 2 is 1.92 bits per heavy atom. The number of nitrogens with one attached hydrogen (secondary N) is 1. The van der Waals surface area contributed by atoms with Crippen molar-refractivity contribution in [2.75, 3.05) is 7.11 Å². The fourth-order valence-electron chi connectivity index (χ4n) is 1.66.